The van der Waals surface area contributed by atoms with Gasteiger partial charge in [-0.25, -0.2) is 4.39 Å². The highest BCUT2D eigenvalue weighted by Crippen LogP contribution is 2.29. The average molecular weight is 306 g/mol. The topological polar surface area (TPSA) is 53.2 Å². The van der Waals surface area contributed by atoms with E-state index >= 15 is 0 Å². The first-order valence-electron chi connectivity index (χ1n) is 6.30. The van der Waals surface area contributed by atoms with Gasteiger partial charge in [0.2, 0.25) is 0 Å². The number of aliphatic hydroxyl groups excluding tert-OH is 1. The van der Waals surface area contributed by atoms with Gasteiger partial charge in [-0.15, -0.1) is 0 Å². The molecular weight excluding hydrogens is 293 g/mol. The number of halogens is 2. The molecule has 0 amide bonds. The van der Waals surface area contributed by atoms with Gasteiger partial charge in [-0.05, 0) is 37.3 Å². The summed E-state index contributed by atoms with van der Waals surface area (Å²) in [5.74, 6) is -0.0558. The molecule has 0 heterocycles. The molecule has 0 aliphatic heterocycles. The molecule has 2 rings (SSSR count). The summed E-state index contributed by atoms with van der Waals surface area (Å²) in [7, 11) is 0. The molecule has 5 heteroatoms. The van der Waals surface area contributed by atoms with Crippen molar-refractivity contribution >= 4 is 11.6 Å². The summed E-state index contributed by atoms with van der Waals surface area (Å²) >= 11 is 5.88. The number of nitriles is 1. The largest absolute Gasteiger partial charge is 0.488 e. The third-order valence-electron chi connectivity index (χ3n) is 2.99. The summed E-state index contributed by atoms with van der Waals surface area (Å²) in [6.07, 6.45) is -0.746. The number of hydrogen-bond donors (Lipinski definition) is 1. The van der Waals surface area contributed by atoms with E-state index in [-0.39, 0.29) is 12.2 Å². The first-order valence-corrected chi connectivity index (χ1v) is 6.68. The second kappa shape index (κ2) is 6.57. The van der Waals surface area contributed by atoms with Crippen LogP contribution in [0.1, 0.15) is 29.7 Å². The Morgan fingerprint density at radius 2 is 2.10 bits per heavy atom. The fourth-order valence-electron chi connectivity index (χ4n) is 1.87. The van der Waals surface area contributed by atoms with Crippen LogP contribution in [0.2, 0.25) is 5.02 Å². The molecule has 0 saturated carbocycles. The highest BCUT2D eigenvalue weighted by Gasteiger charge is 2.11. The minimum Gasteiger partial charge on any atom is -0.488 e. The molecule has 0 spiro atoms. The van der Waals surface area contributed by atoms with Gasteiger partial charge < -0.3 is 9.84 Å². The van der Waals surface area contributed by atoms with Gasteiger partial charge in [0.25, 0.3) is 0 Å². The molecule has 3 nitrogen and oxygen atoms in total. The van der Waals surface area contributed by atoms with Crippen LogP contribution in [0.3, 0.4) is 0 Å². The first-order chi connectivity index (χ1) is 10.0. The van der Waals surface area contributed by atoms with E-state index in [2.05, 4.69) is 0 Å². The highest BCUT2D eigenvalue weighted by atomic mass is 35.5. The Labute approximate surface area is 127 Å². The van der Waals surface area contributed by atoms with E-state index < -0.39 is 11.9 Å². The third-order valence-corrected chi connectivity index (χ3v) is 3.22. The zero-order valence-corrected chi connectivity index (χ0v) is 12.1. The van der Waals surface area contributed by atoms with E-state index in [0.717, 1.165) is 6.07 Å². The van der Waals surface area contributed by atoms with Crippen molar-refractivity contribution in [2.75, 3.05) is 0 Å². The molecule has 0 aliphatic rings. The van der Waals surface area contributed by atoms with Crippen LogP contribution in [0, 0.1) is 17.1 Å². The summed E-state index contributed by atoms with van der Waals surface area (Å²) in [5.41, 5.74) is 1.13. The molecule has 108 valence electrons. The maximum absolute atomic E-state index is 13.8. The standard InChI is InChI=1S/C16H13ClFNO2/c1-10(20)14-7-13(17)4-5-16(14)21-9-12-3-2-11(8-19)6-15(12)18/h2-7,10,20H,9H2,1H3/t10-/m1/s1. The van der Waals surface area contributed by atoms with E-state index in [9.17, 15) is 9.50 Å². The Kier molecular flexibility index (Phi) is 4.79. The van der Waals surface area contributed by atoms with Crippen LogP contribution in [0.25, 0.3) is 0 Å². The lowest BCUT2D eigenvalue weighted by atomic mass is 10.1. The lowest BCUT2D eigenvalue weighted by Gasteiger charge is -2.14. The van der Waals surface area contributed by atoms with Crippen LogP contribution in [0.15, 0.2) is 36.4 Å². The van der Waals surface area contributed by atoms with Crippen molar-refractivity contribution < 1.29 is 14.2 Å². The number of ether oxygens (including phenoxy) is 1. The average Bonchev–Trinajstić information content (AvgIpc) is 2.46. The van der Waals surface area contributed by atoms with Crippen molar-refractivity contribution in [2.24, 2.45) is 0 Å². The minimum atomic E-state index is -0.746. The maximum Gasteiger partial charge on any atom is 0.131 e. The fourth-order valence-corrected chi connectivity index (χ4v) is 2.05. The monoisotopic (exact) mass is 305 g/mol. The van der Waals surface area contributed by atoms with Gasteiger partial charge in [-0.2, -0.15) is 5.26 Å². The molecule has 2 aromatic carbocycles. The van der Waals surface area contributed by atoms with Crippen molar-refractivity contribution in [3.05, 3.63) is 63.9 Å². The lowest BCUT2D eigenvalue weighted by Crippen LogP contribution is -2.03. The van der Waals surface area contributed by atoms with Crippen LogP contribution < -0.4 is 4.74 Å². The Bertz CT molecular complexity index is 695. The number of rotatable bonds is 4. The Morgan fingerprint density at radius 3 is 2.71 bits per heavy atom. The predicted octanol–water partition coefficient (Wildman–Crippen LogP) is 3.98. The van der Waals surface area contributed by atoms with Gasteiger partial charge in [0.15, 0.2) is 0 Å². The zero-order chi connectivity index (χ0) is 15.4. The van der Waals surface area contributed by atoms with E-state index in [1.54, 1.807) is 25.1 Å². The number of aliphatic hydroxyl groups is 1. The van der Waals surface area contributed by atoms with E-state index in [4.69, 9.17) is 21.6 Å². The van der Waals surface area contributed by atoms with Gasteiger partial charge in [0, 0.05) is 16.1 Å². The van der Waals surface area contributed by atoms with E-state index in [1.807, 2.05) is 6.07 Å². The van der Waals surface area contributed by atoms with Crippen LogP contribution in [0.5, 0.6) is 5.75 Å². The second-order valence-electron chi connectivity index (χ2n) is 4.56. The molecule has 0 fully saturated rings. The van der Waals surface area contributed by atoms with Crippen molar-refractivity contribution in [3.63, 3.8) is 0 Å². The van der Waals surface area contributed by atoms with Gasteiger partial charge >= 0.3 is 0 Å². The number of hydrogen-bond acceptors (Lipinski definition) is 3. The van der Waals surface area contributed by atoms with Crippen LogP contribution in [-0.4, -0.2) is 5.11 Å². The Hall–Kier alpha value is -2.09. The summed E-state index contributed by atoms with van der Waals surface area (Å²) < 4.78 is 19.3. The Morgan fingerprint density at radius 1 is 1.33 bits per heavy atom. The molecule has 2 aromatic rings. The fraction of sp³-hybridized carbons (Fsp3) is 0.188. The first kappa shape index (κ1) is 15.3. The van der Waals surface area contributed by atoms with Gasteiger partial charge in [-0.1, -0.05) is 17.7 Å². The van der Waals surface area contributed by atoms with Crippen LogP contribution in [0.4, 0.5) is 4.39 Å². The van der Waals surface area contributed by atoms with Crippen LogP contribution in [-0.2, 0) is 6.61 Å². The SMILES string of the molecule is C[C@@H](O)c1cc(Cl)ccc1OCc1ccc(C#N)cc1F. The number of benzene rings is 2. The van der Waals surface area contributed by atoms with Gasteiger partial charge in [-0.3, -0.25) is 0 Å². The minimum absolute atomic E-state index is 0.00110. The quantitative estimate of drug-likeness (QED) is 0.929. The van der Waals surface area contributed by atoms with Crippen molar-refractivity contribution in [1.29, 1.82) is 5.26 Å². The van der Waals surface area contributed by atoms with Gasteiger partial charge in [0.05, 0.1) is 17.7 Å². The third kappa shape index (κ3) is 3.72. The molecule has 0 unspecified atom stereocenters. The molecule has 0 saturated heterocycles. The zero-order valence-electron chi connectivity index (χ0n) is 11.3. The molecule has 0 radical (unpaired) electrons. The molecule has 1 atom stereocenters. The maximum atomic E-state index is 13.8. The smallest absolute Gasteiger partial charge is 0.131 e. The van der Waals surface area contributed by atoms with E-state index in [0.29, 0.717) is 21.9 Å². The highest BCUT2D eigenvalue weighted by molar-refractivity contribution is 6.30. The number of nitrogens with zero attached hydrogens (tertiary/aromatic N) is 1. The van der Waals surface area contributed by atoms with Gasteiger partial charge in [0.1, 0.15) is 18.2 Å². The van der Waals surface area contributed by atoms with Crippen LogP contribution >= 0.6 is 11.6 Å². The molecule has 0 aliphatic carbocycles. The lowest BCUT2D eigenvalue weighted by molar-refractivity contribution is 0.190. The molecule has 0 bridgehead atoms. The molecule has 1 N–H and O–H groups in total. The molecular formula is C16H13ClFNO2. The summed E-state index contributed by atoms with van der Waals surface area (Å²) in [6.45, 7) is 1.60. The summed E-state index contributed by atoms with van der Waals surface area (Å²) in [6, 6.07) is 10.9. The van der Waals surface area contributed by atoms with E-state index in [1.165, 1.54) is 12.1 Å². The predicted molar refractivity (Wildman–Crippen MR) is 77.5 cm³/mol. The van der Waals surface area contributed by atoms with Crippen molar-refractivity contribution in [3.8, 4) is 11.8 Å². The normalized spacial score (nSPS) is 11.8. The summed E-state index contributed by atoms with van der Waals surface area (Å²) in [4.78, 5) is 0. The van der Waals surface area contributed by atoms with Crippen molar-refractivity contribution in [2.45, 2.75) is 19.6 Å². The molecule has 21 heavy (non-hydrogen) atoms. The van der Waals surface area contributed by atoms with Crippen molar-refractivity contribution in [1.82, 2.24) is 0 Å². The second-order valence-corrected chi connectivity index (χ2v) is 5.00. The summed E-state index contributed by atoms with van der Waals surface area (Å²) in [5, 5.41) is 18.9. The molecule has 0 aromatic heterocycles. The Balaban J connectivity index is 2.19.